The Morgan fingerprint density at radius 1 is 0.786 bits per heavy atom. The minimum atomic E-state index is -0.187. The molecule has 0 spiro atoms. The number of benzene rings is 1. The van der Waals surface area contributed by atoms with Crippen LogP contribution < -0.4 is 0 Å². The largest absolute Gasteiger partial charge is 0.207 e. The maximum Gasteiger partial charge on any atom is 0.123 e. The van der Waals surface area contributed by atoms with Gasteiger partial charge in [0.25, 0.3) is 0 Å². The van der Waals surface area contributed by atoms with Crippen molar-refractivity contribution < 1.29 is 4.39 Å². The van der Waals surface area contributed by atoms with E-state index >= 15 is 0 Å². The van der Waals surface area contributed by atoms with Gasteiger partial charge in [-0.2, -0.15) is 0 Å². The van der Waals surface area contributed by atoms with Crippen molar-refractivity contribution in [2.45, 2.75) is 5.92 Å². The molecule has 0 atom stereocenters. The van der Waals surface area contributed by atoms with Crippen LogP contribution in [0.5, 0.6) is 0 Å². The molecule has 0 nitrogen and oxygen atoms in total. The van der Waals surface area contributed by atoms with Crippen LogP contribution >= 0.6 is 0 Å². The summed E-state index contributed by atoms with van der Waals surface area (Å²) >= 11 is 0. The minimum Gasteiger partial charge on any atom is -0.207 e. The topological polar surface area (TPSA) is 0 Å². The summed E-state index contributed by atoms with van der Waals surface area (Å²) in [5.74, 6) is 0.0686. The highest BCUT2D eigenvalue weighted by molar-refractivity contribution is 5.33. The van der Waals surface area contributed by atoms with Gasteiger partial charge in [0.1, 0.15) is 5.82 Å². The Balaban J connectivity index is 2.27. The highest BCUT2D eigenvalue weighted by Crippen LogP contribution is 2.20. The van der Waals surface area contributed by atoms with Crippen molar-refractivity contribution in [1.29, 1.82) is 0 Å². The molecule has 0 aromatic heterocycles. The average molecular weight is 186 g/mol. The van der Waals surface area contributed by atoms with Crippen molar-refractivity contribution in [3.05, 3.63) is 72.1 Å². The van der Waals surface area contributed by atoms with Gasteiger partial charge in [0, 0.05) is 5.92 Å². The fraction of sp³-hybridized carbons (Fsp3) is 0.0769. The second-order valence-electron chi connectivity index (χ2n) is 3.23. The van der Waals surface area contributed by atoms with Gasteiger partial charge in [-0.15, -0.1) is 0 Å². The highest BCUT2D eigenvalue weighted by atomic mass is 19.1. The zero-order chi connectivity index (χ0) is 9.80. The van der Waals surface area contributed by atoms with Gasteiger partial charge in [-0.3, -0.25) is 0 Å². The molecule has 0 saturated carbocycles. The second kappa shape index (κ2) is 4.05. The maximum absolute atomic E-state index is 12.7. The summed E-state index contributed by atoms with van der Waals surface area (Å²) in [4.78, 5) is 0. The van der Waals surface area contributed by atoms with Gasteiger partial charge in [0.15, 0.2) is 0 Å². The number of hydrogen-bond donors (Lipinski definition) is 0. The number of halogens is 1. The number of rotatable bonds is 1. The minimum absolute atomic E-state index is 0.187. The summed E-state index contributed by atoms with van der Waals surface area (Å²) in [7, 11) is 0. The molecule has 1 aliphatic carbocycles. The molecule has 0 unspecified atom stereocenters. The molecule has 14 heavy (non-hydrogen) atoms. The summed E-state index contributed by atoms with van der Waals surface area (Å²) in [6.07, 6.45) is 12.2. The third-order valence-electron chi connectivity index (χ3n) is 2.23. The summed E-state index contributed by atoms with van der Waals surface area (Å²) < 4.78 is 12.7. The molecule has 0 bridgehead atoms. The molecule has 1 aromatic rings. The molecule has 0 heterocycles. The Morgan fingerprint density at radius 3 is 1.93 bits per heavy atom. The standard InChI is InChI=1S/C13H11F/c14-13-9-7-12(8-10-13)11-5-3-1-2-4-6-11/h1-11H. The molecule has 0 fully saturated rings. The van der Waals surface area contributed by atoms with Crippen LogP contribution in [-0.2, 0) is 0 Å². The van der Waals surface area contributed by atoms with E-state index < -0.39 is 0 Å². The van der Waals surface area contributed by atoms with Gasteiger partial charge in [-0.05, 0) is 17.7 Å². The lowest BCUT2D eigenvalue weighted by Crippen LogP contribution is -1.90. The molecule has 0 amide bonds. The monoisotopic (exact) mass is 186 g/mol. The quantitative estimate of drug-likeness (QED) is 0.628. The first-order chi connectivity index (χ1) is 6.86. The molecule has 2 rings (SSSR count). The average Bonchev–Trinajstić information content (AvgIpc) is 2.47. The van der Waals surface area contributed by atoms with Gasteiger partial charge >= 0.3 is 0 Å². The van der Waals surface area contributed by atoms with Gasteiger partial charge in [-0.1, -0.05) is 48.6 Å². The van der Waals surface area contributed by atoms with Gasteiger partial charge in [-0.25, -0.2) is 4.39 Å². The second-order valence-corrected chi connectivity index (χ2v) is 3.23. The van der Waals surface area contributed by atoms with Crippen molar-refractivity contribution in [3.8, 4) is 0 Å². The van der Waals surface area contributed by atoms with E-state index in [9.17, 15) is 4.39 Å². The van der Waals surface area contributed by atoms with Crippen LogP contribution in [0.1, 0.15) is 11.5 Å². The lowest BCUT2D eigenvalue weighted by atomic mass is 9.99. The summed E-state index contributed by atoms with van der Waals surface area (Å²) in [6, 6.07) is 6.63. The molecular formula is C13H11F. The number of hydrogen-bond acceptors (Lipinski definition) is 0. The molecule has 0 aliphatic heterocycles. The molecule has 0 saturated heterocycles. The lowest BCUT2D eigenvalue weighted by Gasteiger charge is -2.06. The van der Waals surface area contributed by atoms with Gasteiger partial charge < -0.3 is 0 Å². The van der Waals surface area contributed by atoms with Crippen molar-refractivity contribution >= 4 is 0 Å². The first-order valence-electron chi connectivity index (χ1n) is 4.63. The fourth-order valence-corrected chi connectivity index (χ4v) is 1.47. The highest BCUT2D eigenvalue weighted by Gasteiger charge is 2.03. The fourth-order valence-electron chi connectivity index (χ4n) is 1.47. The lowest BCUT2D eigenvalue weighted by molar-refractivity contribution is 0.627. The van der Waals surface area contributed by atoms with Crippen LogP contribution in [0.25, 0.3) is 0 Å². The van der Waals surface area contributed by atoms with E-state index in [4.69, 9.17) is 0 Å². The van der Waals surface area contributed by atoms with E-state index in [1.165, 1.54) is 12.1 Å². The molecule has 70 valence electrons. The van der Waals surface area contributed by atoms with E-state index in [2.05, 4.69) is 12.2 Å². The predicted octanol–water partition coefficient (Wildman–Crippen LogP) is 3.59. The van der Waals surface area contributed by atoms with Crippen molar-refractivity contribution in [3.63, 3.8) is 0 Å². The molecular weight excluding hydrogens is 175 g/mol. The summed E-state index contributed by atoms with van der Waals surface area (Å²) in [6.45, 7) is 0. The zero-order valence-electron chi connectivity index (χ0n) is 7.73. The zero-order valence-corrected chi connectivity index (χ0v) is 7.73. The van der Waals surface area contributed by atoms with E-state index in [0.29, 0.717) is 0 Å². The van der Waals surface area contributed by atoms with Gasteiger partial charge in [0.2, 0.25) is 0 Å². The number of allylic oxidation sites excluding steroid dienone is 6. The van der Waals surface area contributed by atoms with E-state index in [1.807, 2.05) is 36.4 Å². The van der Waals surface area contributed by atoms with Crippen LogP contribution in [0.15, 0.2) is 60.7 Å². The molecule has 0 N–H and O–H groups in total. The van der Waals surface area contributed by atoms with Crippen LogP contribution in [0.3, 0.4) is 0 Å². The van der Waals surface area contributed by atoms with Crippen LogP contribution in [0, 0.1) is 5.82 Å². The van der Waals surface area contributed by atoms with E-state index in [1.54, 1.807) is 0 Å². The van der Waals surface area contributed by atoms with Crippen molar-refractivity contribution in [2.24, 2.45) is 0 Å². The Morgan fingerprint density at radius 2 is 1.36 bits per heavy atom. The molecule has 1 heteroatoms. The van der Waals surface area contributed by atoms with Crippen LogP contribution in [-0.4, -0.2) is 0 Å². The van der Waals surface area contributed by atoms with E-state index in [0.717, 1.165) is 5.56 Å². The summed E-state index contributed by atoms with van der Waals surface area (Å²) in [5.41, 5.74) is 1.11. The van der Waals surface area contributed by atoms with Crippen LogP contribution in [0.2, 0.25) is 0 Å². The van der Waals surface area contributed by atoms with E-state index in [-0.39, 0.29) is 11.7 Å². The third kappa shape index (κ3) is 1.99. The third-order valence-corrected chi connectivity index (χ3v) is 2.23. The Hall–Kier alpha value is -1.63. The Bertz CT molecular complexity index is 366. The van der Waals surface area contributed by atoms with Gasteiger partial charge in [0.05, 0.1) is 0 Å². The van der Waals surface area contributed by atoms with Crippen molar-refractivity contribution in [2.75, 3.05) is 0 Å². The SMILES string of the molecule is Fc1ccc(C2C=CC=CC=C2)cc1. The Labute approximate surface area is 83.1 Å². The summed E-state index contributed by atoms with van der Waals surface area (Å²) in [5, 5.41) is 0. The molecule has 0 radical (unpaired) electrons. The first-order valence-corrected chi connectivity index (χ1v) is 4.63. The Kier molecular flexibility index (Phi) is 2.59. The smallest absolute Gasteiger partial charge is 0.123 e. The van der Waals surface area contributed by atoms with Crippen LogP contribution in [0.4, 0.5) is 4.39 Å². The maximum atomic E-state index is 12.7. The normalized spacial score (nSPS) is 15.8. The molecule has 1 aliphatic rings. The van der Waals surface area contributed by atoms with Crippen molar-refractivity contribution in [1.82, 2.24) is 0 Å². The molecule has 1 aromatic carbocycles. The predicted molar refractivity (Wildman–Crippen MR) is 56.6 cm³/mol. The first kappa shape index (κ1) is 8.95.